The minimum atomic E-state index is -6.03. The molecule has 0 atom stereocenters. The van der Waals surface area contributed by atoms with E-state index in [9.17, 15) is 31.2 Å². The van der Waals surface area contributed by atoms with Crippen LogP contribution in [0.15, 0.2) is 35.3 Å². The molecular formula is C23H19F3N2O5S. The summed E-state index contributed by atoms with van der Waals surface area (Å²) < 4.78 is 66.5. The number of aromatic amines is 1. The van der Waals surface area contributed by atoms with Gasteiger partial charge >= 0.3 is 15.6 Å². The molecule has 2 aromatic carbocycles. The predicted molar refractivity (Wildman–Crippen MR) is 119 cm³/mol. The van der Waals surface area contributed by atoms with E-state index in [1.165, 1.54) is 0 Å². The van der Waals surface area contributed by atoms with E-state index in [0.29, 0.717) is 22.2 Å². The van der Waals surface area contributed by atoms with Crippen LogP contribution >= 0.6 is 0 Å². The minimum absolute atomic E-state index is 0.0829. The van der Waals surface area contributed by atoms with Crippen LogP contribution in [0, 0.1) is 0 Å². The van der Waals surface area contributed by atoms with Gasteiger partial charge in [0.25, 0.3) is 0 Å². The highest BCUT2D eigenvalue weighted by atomic mass is 32.2. The average molecular weight is 492 g/mol. The van der Waals surface area contributed by atoms with Crippen molar-refractivity contribution in [3.8, 4) is 5.75 Å². The summed E-state index contributed by atoms with van der Waals surface area (Å²) in [7, 11) is -4.41. The summed E-state index contributed by atoms with van der Waals surface area (Å²) in [6, 6.07) is 7.49. The van der Waals surface area contributed by atoms with Crippen molar-refractivity contribution in [1.82, 2.24) is 4.98 Å². The van der Waals surface area contributed by atoms with Gasteiger partial charge in [-0.05, 0) is 36.2 Å². The second-order valence-corrected chi connectivity index (χ2v) is 9.99. The highest BCUT2D eigenvalue weighted by Gasteiger charge is 2.49. The Morgan fingerprint density at radius 1 is 1.18 bits per heavy atom. The SMILES string of the molecule is CN=Cc1ccc2c3c([nH]c2c1)C(C)(C)c1cc(OS(=O)(=O)C(F)(F)F)c(C(C)=O)cc1C3=O. The number of carbonyl (C=O) groups is 2. The summed E-state index contributed by atoms with van der Waals surface area (Å²) in [5.41, 5.74) is -4.46. The van der Waals surface area contributed by atoms with E-state index in [-0.39, 0.29) is 11.1 Å². The number of nitrogens with one attached hydrogen (secondary N) is 1. The third-order valence-electron chi connectivity index (χ3n) is 5.85. The zero-order valence-corrected chi connectivity index (χ0v) is 19.3. The molecule has 0 radical (unpaired) electrons. The van der Waals surface area contributed by atoms with Crippen LogP contribution < -0.4 is 4.18 Å². The zero-order chi connectivity index (χ0) is 25.2. The summed E-state index contributed by atoms with van der Waals surface area (Å²) in [6.45, 7) is 4.51. The average Bonchev–Trinajstić information content (AvgIpc) is 3.11. The molecule has 3 aromatic rings. The molecule has 1 heterocycles. The number of H-pyrrole nitrogens is 1. The van der Waals surface area contributed by atoms with Crippen molar-refractivity contribution < 1.29 is 35.4 Å². The molecule has 1 aliphatic carbocycles. The quantitative estimate of drug-likeness (QED) is 0.250. The Balaban J connectivity index is 1.97. The Morgan fingerprint density at radius 3 is 2.44 bits per heavy atom. The van der Waals surface area contributed by atoms with Crippen molar-refractivity contribution in [2.75, 3.05) is 7.05 Å². The highest BCUT2D eigenvalue weighted by molar-refractivity contribution is 7.88. The highest BCUT2D eigenvalue weighted by Crippen LogP contribution is 2.46. The second-order valence-electron chi connectivity index (χ2n) is 8.45. The molecule has 0 bridgehead atoms. The van der Waals surface area contributed by atoms with Gasteiger partial charge in [-0.1, -0.05) is 26.0 Å². The first-order chi connectivity index (χ1) is 15.7. The smallest absolute Gasteiger partial charge is 0.375 e. The van der Waals surface area contributed by atoms with E-state index in [1.54, 1.807) is 45.3 Å². The third kappa shape index (κ3) is 3.51. The molecular weight excluding hydrogens is 473 g/mol. The van der Waals surface area contributed by atoms with Gasteiger partial charge in [0.1, 0.15) is 0 Å². The Hall–Kier alpha value is -3.47. The van der Waals surface area contributed by atoms with Crippen LogP contribution in [0.25, 0.3) is 10.9 Å². The van der Waals surface area contributed by atoms with Gasteiger partial charge in [0.2, 0.25) is 0 Å². The summed E-state index contributed by atoms with van der Waals surface area (Å²) in [5, 5.41) is 0.635. The molecule has 1 aliphatic rings. The fraction of sp³-hybridized carbons (Fsp3) is 0.261. The van der Waals surface area contributed by atoms with Gasteiger partial charge in [-0.15, -0.1) is 0 Å². The van der Waals surface area contributed by atoms with Crippen molar-refractivity contribution in [3.63, 3.8) is 0 Å². The number of carbonyl (C=O) groups excluding carboxylic acids is 2. The molecule has 0 saturated carbocycles. The summed E-state index contributed by atoms with van der Waals surface area (Å²) in [5.74, 6) is -1.99. The topological polar surface area (TPSA) is 106 Å². The van der Waals surface area contributed by atoms with Gasteiger partial charge in [-0.25, -0.2) is 0 Å². The van der Waals surface area contributed by atoms with Crippen LogP contribution in [-0.2, 0) is 15.5 Å². The molecule has 0 saturated heterocycles. The first-order valence-corrected chi connectivity index (χ1v) is 11.4. The van der Waals surface area contributed by atoms with Crippen LogP contribution in [0.2, 0.25) is 0 Å². The van der Waals surface area contributed by atoms with Gasteiger partial charge < -0.3 is 9.17 Å². The minimum Gasteiger partial charge on any atom is -0.375 e. The molecule has 0 fully saturated rings. The number of benzene rings is 2. The molecule has 0 spiro atoms. The third-order valence-corrected chi connectivity index (χ3v) is 6.82. The lowest BCUT2D eigenvalue weighted by atomic mass is 9.70. The number of Topliss-reactive ketones (excluding diaryl/α,β-unsaturated/α-hetero) is 1. The molecule has 178 valence electrons. The fourth-order valence-corrected chi connectivity index (χ4v) is 4.68. The van der Waals surface area contributed by atoms with Crippen molar-refractivity contribution >= 4 is 38.8 Å². The van der Waals surface area contributed by atoms with Gasteiger partial charge in [-0.2, -0.15) is 21.6 Å². The van der Waals surface area contributed by atoms with Crippen LogP contribution in [-0.4, -0.2) is 43.7 Å². The maximum atomic E-state index is 13.5. The summed E-state index contributed by atoms with van der Waals surface area (Å²) >= 11 is 0. The number of nitrogens with zero attached hydrogens (tertiary/aromatic N) is 1. The monoisotopic (exact) mass is 492 g/mol. The fourth-order valence-electron chi connectivity index (χ4n) is 4.21. The van der Waals surface area contributed by atoms with Crippen molar-refractivity contribution in [1.29, 1.82) is 0 Å². The Bertz CT molecular complexity index is 1520. The van der Waals surface area contributed by atoms with Gasteiger partial charge in [0.15, 0.2) is 17.3 Å². The summed E-state index contributed by atoms with van der Waals surface area (Å²) in [4.78, 5) is 32.9. The Kier molecular flexibility index (Phi) is 5.24. The molecule has 1 aromatic heterocycles. The van der Waals surface area contributed by atoms with Gasteiger partial charge in [0, 0.05) is 40.8 Å². The van der Waals surface area contributed by atoms with E-state index in [4.69, 9.17) is 0 Å². The largest absolute Gasteiger partial charge is 0.534 e. The summed E-state index contributed by atoms with van der Waals surface area (Å²) in [6.07, 6.45) is 1.64. The van der Waals surface area contributed by atoms with Crippen molar-refractivity contribution in [2.24, 2.45) is 4.99 Å². The molecule has 0 unspecified atom stereocenters. The molecule has 4 rings (SSSR count). The number of fused-ring (bicyclic) bond motifs is 4. The molecule has 0 aliphatic heterocycles. The van der Waals surface area contributed by atoms with E-state index in [2.05, 4.69) is 14.2 Å². The first kappa shape index (κ1) is 23.7. The van der Waals surface area contributed by atoms with Crippen LogP contribution in [0.4, 0.5) is 13.2 Å². The molecule has 1 N–H and O–H groups in total. The molecule has 34 heavy (non-hydrogen) atoms. The molecule has 7 nitrogen and oxygen atoms in total. The van der Waals surface area contributed by atoms with E-state index >= 15 is 0 Å². The lowest BCUT2D eigenvalue weighted by Gasteiger charge is -2.32. The number of ketones is 2. The molecule has 0 amide bonds. The Morgan fingerprint density at radius 2 is 1.85 bits per heavy atom. The van der Waals surface area contributed by atoms with Gasteiger partial charge in [0.05, 0.1) is 11.1 Å². The van der Waals surface area contributed by atoms with E-state index in [1.807, 2.05) is 0 Å². The van der Waals surface area contributed by atoms with E-state index in [0.717, 1.165) is 24.6 Å². The van der Waals surface area contributed by atoms with Crippen molar-refractivity contribution in [2.45, 2.75) is 31.7 Å². The van der Waals surface area contributed by atoms with Crippen LogP contribution in [0.1, 0.15) is 63.9 Å². The van der Waals surface area contributed by atoms with E-state index < -0.39 is 43.9 Å². The Labute approximate surface area is 192 Å². The lowest BCUT2D eigenvalue weighted by Crippen LogP contribution is -2.32. The van der Waals surface area contributed by atoms with Crippen LogP contribution in [0.3, 0.4) is 0 Å². The maximum Gasteiger partial charge on any atom is 0.534 e. The number of aromatic nitrogens is 1. The number of rotatable bonds is 4. The maximum absolute atomic E-state index is 13.5. The first-order valence-electron chi connectivity index (χ1n) is 10.0. The number of alkyl halides is 3. The normalized spacial score (nSPS) is 15.4. The standard InChI is InChI=1S/C23H19F3N2O5S/c1-11(29)14-8-15-16(9-18(14)33-34(31,32)23(24,25)26)22(2,3)21-19(20(15)30)13-6-5-12(10-27-4)7-17(13)28-21/h5-10,28H,1-4H3. The second kappa shape index (κ2) is 7.52. The number of hydrogen-bond donors (Lipinski definition) is 1. The molecule has 11 heteroatoms. The van der Waals surface area contributed by atoms with Crippen molar-refractivity contribution in [3.05, 3.63) is 63.8 Å². The zero-order valence-electron chi connectivity index (χ0n) is 18.5. The van der Waals surface area contributed by atoms with Gasteiger partial charge in [-0.3, -0.25) is 14.6 Å². The number of hydrogen-bond acceptors (Lipinski definition) is 6. The number of halogens is 3. The lowest BCUT2D eigenvalue weighted by molar-refractivity contribution is -0.0500. The van der Waals surface area contributed by atoms with Crippen LogP contribution in [0.5, 0.6) is 5.75 Å². The number of aliphatic imine (C=N–C) groups is 1. The predicted octanol–water partition coefficient (Wildman–Crippen LogP) is 4.52.